The average Bonchev–Trinajstić information content (AvgIpc) is 2.56. The zero-order valence-electron chi connectivity index (χ0n) is 12.4. The van der Waals surface area contributed by atoms with Gasteiger partial charge in [0, 0.05) is 28.6 Å². The summed E-state index contributed by atoms with van der Waals surface area (Å²) in [6, 6.07) is 13.6. The van der Waals surface area contributed by atoms with Crippen LogP contribution in [0.4, 0.5) is 11.5 Å². The molecule has 5 nitrogen and oxygen atoms in total. The molecule has 0 aliphatic carbocycles. The van der Waals surface area contributed by atoms with E-state index >= 15 is 0 Å². The smallest absolute Gasteiger partial charge is 0.141 e. The fourth-order valence-corrected chi connectivity index (χ4v) is 2.58. The van der Waals surface area contributed by atoms with E-state index in [1.54, 1.807) is 0 Å². The minimum absolute atomic E-state index is 0.117. The molecule has 0 bridgehead atoms. The summed E-state index contributed by atoms with van der Waals surface area (Å²) in [7, 11) is 0. The maximum absolute atomic E-state index is 8.83. The lowest BCUT2D eigenvalue weighted by molar-refractivity contribution is 0.234. The number of fused-ring (bicyclic) bond motifs is 1. The predicted octanol–water partition coefficient (Wildman–Crippen LogP) is 3.90. The van der Waals surface area contributed by atoms with Crippen LogP contribution in [0.15, 0.2) is 53.3 Å². The van der Waals surface area contributed by atoms with Crippen LogP contribution in [0.5, 0.6) is 5.75 Å². The van der Waals surface area contributed by atoms with Gasteiger partial charge in [-0.2, -0.15) is 0 Å². The SMILES string of the molecule is OCCCOc1ccc2ncnc(Nc3cccc(Br)c3)c2c1. The summed E-state index contributed by atoms with van der Waals surface area (Å²) in [5, 5.41) is 13.0. The maximum Gasteiger partial charge on any atom is 0.141 e. The van der Waals surface area contributed by atoms with Gasteiger partial charge in [-0.15, -0.1) is 0 Å². The van der Waals surface area contributed by atoms with E-state index in [-0.39, 0.29) is 6.61 Å². The van der Waals surface area contributed by atoms with Crippen LogP contribution in [0.25, 0.3) is 10.9 Å². The lowest BCUT2D eigenvalue weighted by Gasteiger charge is -2.10. The fourth-order valence-electron chi connectivity index (χ4n) is 2.18. The third-order valence-corrected chi connectivity index (χ3v) is 3.76. The van der Waals surface area contributed by atoms with Crippen LogP contribution in [0.3, 0.4) is 0 Å². The number of hydrogen-bond acceptors (Lipinski definition) is 5. The summed E-state index contributed by atoms with van der Waals surface area (Å²) in [4.78, 5) is 8.62. The van der Waals surface area contributed by atoms with Crippen LogP contribution in [0.1, 0.15) is 6.42 Å². The van der Waals surface area contributed by atoms with E-state index in [1.807, 2.05) is 42.5 Å². The minimum atomic E-state index is 0.117. The van der Waals surface area contributed by atoms with E-state index in [0.717, 1.165) is 32.6 Å². The molecule has 1 heterocycles. The van der Waals surface area contributed by atoms with Crippen LogP contribution in [0.2, 0.25) is 0 Å². The summed E-state index contributed by atoms with van der Waals surface area (Å²) >= 11 is 3.46. The molecule has 0 spiro atoms. The first-order valence-corrected chi connectivity index (χ1v) is 8.06. The van der Waals surface area contributed by atoms with Gasteiger partial charge in [0.2, 0.25) is 0 Å². The Labute approximate surface area is 142 Å². The molecule has 6 heteroatoms. The third-order valence-electron chi connectivity index (χ3n) is 3.27. The number of hydrogen-bond donors (Lipinski definition) is 2. The van der Waals surface area contributed by atoms with Gasteiger partial charge in [0.1, 0.15) is 17.9 Å². The Morgan fingerprint density at radius 1 is 1.13 bits per heavy atom. The number of halogens is 1. The highest BCUT2D eigenvalue weighted by molar-refractivity contribution is 9.10. The highest BCUT2D eigenvalue weighted by atomic mass is 79.9. The first-order valence-electron chi connectivity index (χ1n) is 7.27. The van der Waals surface area contributed by atoms with E-state index in [2.05, 4.69) is 31.2 Å². The lowest BCUT2D eigenvalue weighted by atomic mass is 10.2. The second-order valence-corrected chi connectivity index (χ2v) is 5.88. The third kappa shape index (κ3) is 3.97. The summed E-state index contributed by atoms with van der Waals surface area (Å²) in [6.45, 7) is 0.594. The second-order valence-electron chi connectivity index (χ2n) is 4.96. The van der Waals surface area contributed by atoms with Crippen molar-refractivity contribution in [1.82, 2.24) is 9.97 Å². The Balaban J connectivity index is 1.91. The Morgan fingerprint density at radius 3 is 2.87 bits per heavy atom. The average molecular weight is 374 g/mol. The number of aliphatic hydroxyl groups excluding tert-OH is 1. The van der Waals surface area contributed by atoms with Gasteiger partial charge in [0.05, 0.1) is 12.1 Å². The van der Waals surface area contributed by atoms with Gasteiger partial charge >= 0.3 is 0 Å². The van der Waals surface area contributed by atoms with Crippen molar-refractivity contribution >= 4 is 38.3 Å². The molecule has 0 amide bonds. The van der Waals surface area contributed by atoms with Crippen molar-refractivity contribution in [2.24, 2.45) is 0 Å². The number of aliphatic hydroxyl groups is 1. The molecule has 3 rings (SSSR count). The van der Waals surface area contributed by atoms with Crippen LogP contribution in [-0.4, -0.2) is 28.3 Å². The first kappa shape index (κ1) is 15.7. The molecule has 0 saturated heterocycles. The van der Waals surface area contributed by atoms with Crippen LogP contribution in [0, 0.1) is 0 Å². The Morgan fingerprint density at radius 2 is 2.04 bits per heavy atom. The molecule has 118 valence electrons. The molecule has 0 radical (unpaired) electrons. The Hall–Kier alpha value is -2.18. The minimum Gasteiger partial charge on any atom is -0.493 e. The maximum atomic E-state index is 8.83. The summed E-state index contributed by atoms with van der Waals surface area (Å²) in [6.07, 6.45) is 2.14. The van der Waals surface area contributed by atoms with Crippen molar-refractivity contribution in [2.75, 3.05) is 18.5 Å². The monoisotopic (exact) mass is 373 g/mol. The number of nitrogens with zero attached hydrogens (tertiary/aromatic N) is 2. The van der Waals surface area contributed by atoms with E-state index in [9.17, 15) is 0 Å². The molecule has 2 N–H and O–H groups in total. The zero-order chi connectivity index (χ0) is 16.1. The van der Waals surface area contributed by atoms with E-state index in [1.165, 1.54) is 6.33 Å². The first-order chi connectivity index (χ1) is 11.3. The van der Waals surface area contributed by atoms with Crippen molar-refractivity contribution in [2.45, 2.75) is 6.42 Å². The standard InChI is InChI=1S/C17H16BrN3O2/c18-12-3-1-4-13(9-12)21-17-15-10-14(23-8-2-7-22)5-6-16(15)19-11-20-17/h1,3-6,9-11,22H,2,7-8H2,(H,19,20,21). The molecular weight excluding hydrogens is 358 g/mol. The van der Waals surface area contributed by atoms with Gasteiger partial charge in [0.15, 0.2) is 0 Å². The molecule has 0 aliphatic rings. The summed E-state index contributed by atoms with van der Waals surface area (Å²) < 4.78 is 6.62. The van der Waals surface area contributed by atoms with Gasteiger partial charge < -0.3 is 15.2 Å². The van der Waals surface area contributed by atoms with Crippen molar-refractivity contribution in [1.29, 1.82) is 0 Å². The molecule has 0 aliphatic heterocycles. The number of aromatic nitrogens is 2. The molecule has 1 aromatic heterocycles. The number of nitrogens with one attached hydrogen (secondary N) is 1. The van der Waals surface area contributed by atoms with E-state index in [0.29, 0.717) is 13.0 Å². The molecule has 2 aromatic carbocycles. The van der Waals surface area contributed by atoms with Crippen LogP contribution >= 0.6 is 15.9 Å². The Kier molecular flexibility index (Phi) is 5.05. The highest BCUT2D eigenvalue weighted by Gasteiger charge is 2.06. The highest BCUT2D eigenvalue weighted by Crippen LogP contribution is 2.27. The van der Waals surface area contributed by atoms with Crippen LogP contribution < -0.4 is 10.1 Å². The van der Waals surface area contributed by atoms with Crippen molar-refractivity contribution in [3.8, 4) is 5.75 Å². The van der Waals surface area contributed by atoms with Gasteiger partial charge in [-0.1, -0.05) is 22.0 Å². The van der Waals surface area contributed by atoms with Crippen molar-refractivity contribution < 1.29 is 9.84 Å². The van der Waals surface area contributed by atoms with Crippen molar-refractivity contribution in [3.05, 3.63) is 53.3 Å². The molecule has 23 heavy (non-hydrogen) atoms. The predicted molar refractivity (Wildman–Crippen MR) is 94.2 cm³/mol. The topological polar surface area (TPSA) is 67.3 Å². The van der Waals surface area contributed by atoms with Gasteiger partial charge in [-0.3, -0.25) is 0 Å². The fraction of sp³-hybridized carbons (Fsp3) is 0.176. The van der Waals surface area contributed by atoms with E-state index < -0.39 is 0 Å². The normalized spacial score (nSPS) is 10.7. The molecule has 0 unspecified atom stereocenters. The van der Waals surface area contributed by atoms with Gasteiger partial charge in [0.25, 0.3) is 0 Å². The molecule has 0 fully saturated rings. The summed E-state index contributed by atoms with van der Waals surface area (Å²) in [5.74, 6) is 1.46. The Bertz CT molecular complexity index is 811. The molecule has 3 aromatic rings. The molecule has 0 saturated carbocycles. The number of benzene rings is 2. The van der Waals surface area contributed by atoms with Crippen LogP contribution in [-0.2, 0) is 0 Å². The molecule has 0 atom stereocenters. The second kappa shape index (κ2) is 7.39. The molecular formula is C17H16BrN3O2. The number of ether oxygens (including phenoxy) is 1. The number of rotatable bonds is 6. The summed E-state index contributed by atoms with van der Waals surface area (Å²) in [5.41, 5.74) is 1.78. The zero-order valence-corrected chi connectivity index (χ0v) is 14.0. The van der Waals surface area contributed by atoms with Crippen molar-refractivity contribution in [3.63, 3.8) is 0 Å². The quantitative estimate of drug-likeness (QED) is 0.641. The van der Waals surface area contributed by atoms with E-state index in [4.69, 9.17) is 9.84 Å². The van der Waals surface area contributed by atoms with Gasteiger partial charge in [-0.05, 0) is 36.4 Å². The lowest BCUT2D eigenvalue weighted by Crippen LogP contribution is -2.00. The largest absolute Gasteiger partial charge is 0.493 e. The number of anilines is 2. The van der Waals surface area contributed by atoms with Gasteiger partial charge in [-0.25, -0.2) is 9.97 Å².